The second-order valence-electron chi connectivity index (χ2n) is 17.3. The summed E-state index contributed by atoms with van der Waals surface area (Å²) in [6.45, 7) is 9.02. The van der Waals surface area contributed by atoms with Crippen molar-refractivity contribution in [1.29, 1.82) is 0 Å². The summed E-state index contributed by atoms with van der Waals surface area (Å²) in [5.41, 5.74) is 13.5. The smallest absolute Gasteiger partial charge is 0.0636 e. The maximum absolute atomic E-state index is 10.1. The van der Waals surface area contributed by atoms with Gasteiger partial charge in [0.05, 0.1) is 20.8 Å². The van der Waals surface area contributed by atoms with E-state index in [1.54, 1.807) is 0 Å². The Kier molecular flexibility index (Phi) is 6.00. The molecule has 0 amide bonds. The molecule has 10 aromatic rings. The molecule has 0 atom stereocenters. The lowest BCUT2D eigenvalue weighted by molar-refractivity contribution is 0.660. The third-order valence-corrected chi connectivity index (χ3v) is 14.3. The summed E-state index contributed by atoms with van der Waals surface area (Å²) in [5, 5.41) is 0.957. The molecular formula is C60H45NS. The quantitative estimate of drug-likeness (QED) is 0.161. The summed E-state index contributed by atoms with van der Waals surface area (Å²) in [4.78, 5) is 2.16. The molecule has 0 spiro atoms. The van der Waals surface area contributed by atoms with E-state index < -0.39 is 60.4 Å². The van der Waals surface area contributed by atoms with Crippen molar-refractivity contribution in [2.75, 3.05) is 4.90 Å². The van der Waals surface area contributed by atoms with Gasteiger partial charge in [0.15, 0.2) is 0 Å². The van der Waals surface area contributed by atoms with Gasteiger partial charge in [-0.25, -0.2) is 0 Å². The second-order valence-corrected chi connectivity index (χ2v) is 18.3. The standard InChI is InChI=1S/C60H45NS/c1-59(2)52-23-14-12-21-46(52)49-37-44(31-33-53(49)59)61(43-29-26-39(27-30-43)41-28-32-47-45-20-11-13-22-51(45)60(3,4)54(47)36-41)55-24-15-25-56-57(55)50-35-42(38-16-7-5-8-17-38)34-48(58(50)62-56)40-18-9-6-10-19-40/h5-37H,1-4H3/i5D,6D,7D,8D,9D,10D,16D,17D,18D,19D,35D. The predicted molar refractivity (Wildman–Crippen MR) is 265 cm³/mol. The molecule has 0 fully saturated rings. The number of hydrogen-bond acceptors (Lipinski definition) is 2. The normalized spacial score (nSPS) is 16.5. The van der Waals surface area contributed by atoms with E-state index in [1.807, 2.05) is 18.2 Å². The number of anilines is 3. The first-order valence-corrected chi connectivity index (χ1v) is 21.7. The Balaban J connectivity index is 1.14. The van der Waals surface area contributed by atoms with Gasteiger partial charge in [-0.2, -0.15) is 0 Å². The minimum Gasteiger partial charge on any atom is -0.310 e. The molecule has 0 saturated carbocycles. The van der Waals surface area contributed by atoms with Crippen molar-refractivity contribution in [3.8, 4) is 55.6 Å². The lowest BCUT2D eigenvalue weighted by Crippen LogP contribution is -2.15. The molecule has 1 aromatic heterocycles. The second kappa shape index (κ2) is 13.8. The number of thiophene rings is 1. The third kappa shape index (κ3) is 5.53. The lowest BCUT2D eigenvalue weighted by Gasteiger charge is -2.28. The van der Waals surface area contributed by atoms with Gasteiger partial charge in [0.1, 0.15) is 0 Å². The Bertz CT molecular complexity index is 4000. The number of hydrogen-bond donors (Lipinski definition) is 0. The predicted octanol–water partition coefficient (Wildman–Crippen LogP) is 17.1. The van der Waals surface area contributed by atoms with Gasteiger partial charge in [-0.15, -0.1) is 11.3 Å². The molecule has 0 aliphatic heterocycles. The molecule has 0 bridgehead atoms. The van der Waals surface area contributed by atoms with Crippen LogP contribution in [0.4, 0.5) is 17.1 Å². The number of rotatable bonds is 6. The highest BCUT2D eigenvalue weighted by atomic mass is 32.1. The molecule has 1 heterocycles. The van der Waals surface area contributed by atoms with E-state index in [9.17, 15) is 1.37 Å². The fraction of sp³-hybridized carbons (Fsp3) is 0.100. The van der Waals surface area contributed by atoms with Crippen molar-refractivity contribution in [3.63, 3.8) is 0 Å². The number of benzene rings is 9. The average molecular weight is 823 g/mol. The summed E-state index contributed by atoms with van der Waals surface area (Å²) in [5.74, 6) is 0. The van der Waals surface area contributed by atoms with Crippen LogP contribution in [0.1, 0.15) is 65.0 Å². The van der Waals surface area contributed by atoms with Crippen LogP contribution in [0.5, 0.6) is 0 Å². The summed E-state index contributed by atoms with van der Waals surface area (Å²) in [6.07, 6.45) is 0. The van der Waals surface area contributed by atoms with E-state index in [0.29, 0.717) is 21.2 Å². The lowest BCUT2D eigenvalue weighted by atomic mass is 9.81. The zero-order valence-corrected chi connectivity index (χ0v) is 35.4. The molecule has 2 aliphatic carbocycles. The van der Waals surface area contributed by atoms with E-state index in [1.165, 1.54) is 50.8 Å². The molecule has 62 heavy (non-hydrogen) atoms. The Morgan fingerprint density at radius 2 is 1.03 bits per heavy atom. The summed E-state index contributed by atoms with van der Waals surface area (Å²) in [7, 11) is 0. The molecule has 2 heteroatoms. The molecule has 0 unspecified atom stereocenters. The maximum atomic E-state index is 10.1. The van der Waals surface area contributed by atoms with Crippen molar-refractivity contribution in [1.82, 2.24) is 0 Å². The Labute approximate surface area is 383 Å². The fourth-order valence-electron chi connectivity index (χ4n) is 10.1. The monoisotopic (exact) mass is 822 g/mol. The Morgan fingerprint density at radius 1 is 0.435 bits per heavy atom. The van der Waals surface area contributed by atoms with Crippen LogP contribution in [-0.2, 0) is 10.8 Å². The van der Waals surface area contributed by atoms with Crippen molar-refractivity contribution in [2.24, 2.45) is 0 Å². The van der Waals surface area contributed by atoms with Crippen LogP contribution in [0.25, 0.3) is 75.8 Å². The number of fused-ring (bicyclic) bond motifs is 9. The van der Waals surface area contributed by atoms with Crippen molar-refractivity contribution in [3.05, 3.63) is 222 Å². The van der Waals surface area contributed by atoms with Crippen molar-refractivity contribution < 1.29 is 15.1 Å². The Hall–Kier alpha value is -7.00. The molecule has 0 saturated heterocycles. The van der Waals surface area contributed by atoms with Crippen LogP contribution in [0.2, 0.25) is 0 Å². The first kappa shape index (κ1) is 27.1. The Morgan fingerprint density at radius 3 is 1.76 bits per heavy atom. The molecule has 296 valence electrons. The van der Waals surface area contributed by atoms with E-state index in [-0.39, 0.29) is 39.1 Å². The van der Waals surface area contributed by atoms with Crippen LogP contribution < -0.4 is 4.90 Å². The van der Waals surface area contributed by atoms with Gasteiger partial charge in [0, 0.05) is 47.9 Å². The molecule has 1 nitrogen and oxygen atoms in total. The minimum atomic E-state index is -0.590. The fourth-order valence-corrected chi connectivity index (χ4v) is 11.3. The topological polar surface area (TPSA) is 3.24 Å². The van der Waals surface area contributed by atoms with Gasteiger partial charge in [-0.05, 0) is 127 Å². The minimum absolute atomic E-state index is 0.0336. The van der Waals surface area contributed by atoms with Crippen LogP contribution in [-0.4, -0.2) is 0 Å². The van der Waals surface area contributed by atoms with Gasteiger partial charge in [0.25, 0.3) is 0 Å². The van der Waals surface area contributed by atoms with Crippen LogP contribution >= 0.6 is 11.3 Å². The maximum Gasteiger partial charge on any atom is 0.0636 e. The number of nitrogens with zero attached hydrogens (tertiary/aromatic N) is 1. The van der Waals surface area contributed by atoms with Gasteiger partial charge in [-0.1, -0.05) is 173 Å². The largest absolute Gasteiger partial charge is 0.310 e. The molecule has 0 N–H and O–H groups in total. The van der Waals surface area contributed by atoms with Crippen LogP contribution in [0.3, 0.4) is 0 Å². The summed E-state index contributed by atoms with van der Waals surface area (Å²) < 4.78 is 99.2. The highest BCUT2D eigenvalue weighted by molar-refractivity contribution is 7.26. The molecule has 12 rings (SSSR count). The van der Waals surface area contributed by atoms with Crippen LogP contribution in [0, 0.1) is 0 Å². The molecule has 9 aromatic carbocycles. The van der Waals surface area contributed by atoms with Gasteiger partial charge >= 0.3 is 0 Å². The van der Waals surface area contributed by atoms with Gasteiger partial charge in [0.2, 0.25) is 0 Å². The van der Waals surface area contributed by atoms with Gasteiger partial charge < -0.3 is 4.90 Å². The molecule has 2 aliphatic rings. The van der Waals surface area contributed by atoms with E-state index in [0.717, 1.165) is 38.3 Å². The summed E-state index contributed by atoms with van der Waals surface area (Å²) in [6, 6.07) is 40.5. The zero-order valence-electron chi connectivity index (χ0n) is 45.6. The molecular weight excluding hydrogens is 767 g/mol. The molecule has 0 radical (unpaired) electrons. The van der Waals surface area contributed by atoms with E-state index >= 15 is 0 Å². The highest BCUT2D eigenvalue weighted by Gasteiger charge is 2.37. The summed E-state index contributed by atoms with van der Waals surface area (Å²) >= 11 is 1.31. The van der Waals surface area contributed by atoms with Crippen molar-refractivity contribution in [2.45, 2.75) is 38.5 Å². The van der Waals surface area contributed by atoms with E-state index in [2.05, 4.69) is 142 Å². The van der Waals surface area contributed by atoms with E-state index in [4.69, 9.17) is 13.7 Å². The average Bonchev–Trinajstić information content (AvgIpc) is 3.98. The van der Waals surface area contributed by atoms with Crippen LogP contribution in [0.15, 0.2) is 200 Å². The highest BCUT2D eigenvalue weighted by Crippen LogP contribution is 2.54. The first-order chi connectivity index (χ1) is 34.8. The van der Waals surface area contributed by atoms with Crippen molar-refractivity contribution >= 4 is 48.6 Å². The SMILES string of the molecule is [2H]c1c([2H])c([2H])c(-c2cc(-c3c([2H])c([2H])c([2H])c([2H])c3[2H])c3sc4cccc(N(c5ccc(-c6ccc7c(c6)C(C)(C)c6ccccc6-7)cc5)c5ccc6c(c5)-c5ccccc5C6(C)C)c4c3c2[2H])c([2H])c1[2H]. The van der Waals surface area contributed by atoms with Gasteiger partial charge in [-0.3, -0.25) is 0 Å². The zero-order chi connectivity index (χ0) is 51.3. The first-order valence-electron chi connectivity index (χ1n) is 26.4. The third-order valence-electron chi connectivity index (χ3n) is 13.1.